The lowest BCUT2D eigenvalue weighted by Gasteiger charge is -2.07. The number of esters is 1. The van der Waals surface area contributed by atoms with E-state index in [4.69, 9.17) is 5.11 Å². The zero-order chi connectivity index (χ0) is 13.0. The molecule has 0 aromatic rings. The Bertz CT molecular complexity index is 385. The molecule has 0 saturated carbocycles. The number of hydrogen-bond acceptors (Lipinski definition) is 5. The van der Waals surface area contributed by atoms with Crippen molar-refractivity contribution in [3.05, 3.63) is 11.1 Å². The van der Waals surface area contributed by atoms with Crippen molar-refractivity contribution in [2.45, 2.75) is 25.0 Å². The van der Waals surface area contributed by atoms with Gasteiger partial charge in [-0.05, 0) is 13.3 Å². The van der Waals surface area contributed by atoms with E-state index >= 15 is 0 Å². The number of aliphatic carboxylic acids is 1. The summed E-state index contributed by atoms with van der Waals surface area (Å²) >= 11 is 1.13. The Kier molecular flexibility index (Phi) is 4.74. The Hall–Kier alpha value is -1.30. The molecule has 0 amide bonds. The fourth-order valence-corrected chi connectivity index (χ4v) is 2.40. The molecule has 1 aliphatic rings. The molecule has 0 radical (unpaired) electrons. The van der Waals surface area contributed by atoms with Crippen LogP contribution in [0.5, 0.6) is 0 Å². The molecule has 1 rings (SSSR count). The summed E-state index contributed by atoms with van der Waals surface area (Å²) in [6.45, 7) is 1.55. The van der Waals surface area contributed by atoms with Gasteiger partial charge in [0.05, 0.1) is 12.4 Å². The van der Waals surface area contributed by atoms with Gasteiger partial charge in [-0.15, -0.1) is 11.8 Å². The van der Waals surface area contributed by atoms with Gasteiger partial charge in [0.25, 0.3) is 0 Å². The predicted octanol–water partition coefficient (Wildman–Crippen LogP) is 1.03. The lowest BCUT2D eigenvalue weighted by molar-refractivity contribution is -0.137. The van der Waals surface area contributed by atoms with Crippen molar-refractivity contribution >= 4 is 29.5 Å². The molecule has 6 heteroatoms. The topological polar surface area (TPSA) is 80.7 Å². The van der Waals surface area contributed by atoms with Gasteiger partial charge in [0.2, 0.25) is 0 Å². The second-order valence-electron chi connectivity index (χ2n) is 3.66. The molecule has 0 saturated heterocycles. The number of rotatable bonds is 5. The van der Waals surface area contributed by atoms with E-state index in [2.05, 4.69) is 4.74 Å². The van der Waals surface area contributed by atoms with Crippen molar-refractivity contribution in [2.75, 3.05) is 12.9 Å². The third kappa shape index (κ3) is 3.33. The van der Waals surface area contributed by atoms with Crippen LogP contribution in [0.25, 0.3) is 0 Å². The number of carboxylic acid groups (broad SMARTS) is 1. The Labute approximate surface area is 103 Å². The van der Waals surface area contributed by atoms with E-state index in [1.54, 1.807) is 6.92 Å². The summed E-state index contributed by atoms with van der Waals surface area (Å²) in [5, 5.41) is 8.13. The van der Waals surface area contributed by atoms with Crippen LogP contribution in [0.1, 0.15) is 19.8 Å². The largest absolute Gasteiger partial charge is 0.480 e. The maximum atomic E-state index is 11.6. The molecule has 0 bridgehead atoms. The first kappa shape index (κ1) is 13.8. The smallest absolute Gasteiger partial charge is 0.334 e. The molecule has 0 aliphatic heterocycles. The number of methoxy groups -OCH3 is 1. The number of ketones is 1. The van der Waals surface area contributed by atoms with E-state index in [9.17, 15) is 14.4 Å². The highest BCUT2D eigenvalue weighted by molar-refractivity contribution is 8.00. The molecular weight excluding hydrogens is 244 g/mol. The summed E-state index contributed by atoms with van der Waals surface area (Å²) < 4.78 is 4.59. The summed E-state index contributed by atoms with van der Waals surface area (Å²) in [5.41, 5.74) is 0.803. The van der Waals surface area contributed by atoms with E-state index in [0.29, 0.717) is 24.0 Å². The number of thioether (sulfide) groups is 1. The molecule has 1 N–H and O–H groups in total. The molecule has 0 aromatic heterocycles. The van der Waals surface area contributed by atoms with Gasteiger partial charge in [-0.3, -0.25) is 9.59 Å². The van der Waals surface area contributed by atoms with Crippen LogP contribution in [0.2, 0.25) is 0 Å². The van der Waals surface area contributed by atoms with Crippen molar-refractivity contribution < 1.29 is 24.2 Å². The molecule has 1 unspecified atom stereocenters. The number of Topliss-reactive ketones (excluding diaryl/α,β-unsaturated/α-hetero) is 1. The summed E-state index contributed by atoms with van der Waals surface area (Å²) in [7, 11) is 1.27. The summed E-state index contributed by atoms with van der Waals surface area (Å²) in [6, 6.07) is 0. The van der Waals surface area contributed by atoms with Crippen LogP contribution in [0.15, 0.2) is 11.1 Å². The maximum Gasteiger partial charge on any atom is 0.334 e. The molecule has 0 spiro atoms. The first-order valence-electron chi connectivity index (χ1n) is 5.15. The highest BCUT2D eigenvalue weighted by atomic mass is 32.2. The van der Waals surface area contributed by atoms with E-state index in [1.807, 2.05) is 0 Å². The lowest BCUT2D eigenvalue weighted by Crippen LogP contribution is -2.14. The van der Waals surface area contributed by atoms with Gasteiger partial charge >= 0.3 is 11.9 Å². The fraction of sp³-hybridized carbons (Fsp3) is 0.545. The molecule has 0 heterocycles. The Balaban J connectivity index is 2.74. The molecule has 94 valence electrons. The minimum absolute atomic E-state index is 0.0875. The minimum atomic E-state index is -0.930. The first-order chi connectivity index (χ1) is 7.97. The van der Waals surface area contributed by atoms with Gasteiger partial charge in [0, 0.05) is 23.3 Å². The average Bonchev–Trinajstić information content (AvgIpc) is 2.66. The van der Waals surface area contributed by atoms with Crippen LogP contribution in [-0.4, -0.2) is 40.9 Å². The van der Waals surface area contributed by atoms with Crippen LogP contribution in [0.4, 0.5) is 0 Å². The van der Waals surface area contributed by atoms with Gasteiger partial charge in [-0.1, -0.05) is 0 Å². The minimum Gasteiger partial charge on any atom is -0.480 e. The van der Waals surface area contributed by atoms with Gasteiger partial charge in [0.1, 0.15) is 0 Å². The van der Waals surface area contributed by atoms with Crippen LogP contribution in [0, 0.1) is 0 Å². The third-order valence-electron chi connectivity index (χ3n) is 2.56. The van der Waals surface area contributed by atoms with Crippen LogP contribution >= 0.6 is 11.8 Å². The van der Waals surface area contributed by atoms with Crippen molar-refractivity contribution in [3.63, 3.8) is 0 Å². The predicted molar refractivity (Wildman–Crippen MR) is 62.8 cm³/mol. The highest BCUT2D eigenvalue weighted by Crippen LogP contribution is 2.28. The summed E-state index contributed by atoms with van der Waals surface area (Å²) in [5.74, 6) is -1.26. The van der Waals surface area contributed by atoms with Gasteiger partial charge < -0.3 is 9.84 Å². The standard InChI is InChI=1S/C11H14O5S/c1-6(10(13)14)17-5-8-7(11(15)16-2)3-4-9(8)12/h6H,3-5H2,1-2H3,(H,13,14). The van der Waals surface area contributed by atoms with Gasteiger partial charge in [-0.25, -0.2) is 4.79 Å². The number of hydrogen-bond donors (Lipinski definition) is 1. The molecule has 1 atom stereocenters. The third-order valence-corrected chi connectivity index (χ3v) is 3.72. The average molecular weight is 258 g/mol. The van der Waals surface area contributed by atoms with Gasteiger partial charge in [0.15, 0.2) is 5.78 Å². The quantitative estimate of drug-likeness (QED) is 0.742. The SMILES string of the molecule is COC(=O)C1=C(CSC(C)C(=O)O)C(=O)CC1. The highest BCUT2D eigenvalue weighted by Gasteiger charge is 2.28. The second-order valence-corrected chi connectivity index (χ2v) is 4.99. The number of ether oxygens (including phenoxy) is 1. The summed E-state index contributed by atoms with van der Waals surface area (Å²) in [6.07, 6.45) is 0.699. The first-order valence-corrected chi connectivity index (χ1v) is 6.20. The normalized spacial score (nSPS) is 17.2. The Morgan fingerprint density at radius 2 is 2.12 bits per heavy atom. The number of carboxylic acids is 1. The second kappa shape index (κ2) is 5.86. The lowest BCUT2D eigenvalue weighted by atomic mass is 10.2. The molecule has 0 fully saturated rings. The molecule has 17 heavy (non-hydrogen) atoms. The van der Waals surface area contributed by atoms with Crippen molar-refractivity contribution in [1.82, 2.24) is 0 Å². The van der Waals surface area contributed by atoms with E-state index in [0.717, 1.165) is 11.8 Å². The molecule has 0 aromatic carbocycles. The van der Waals surface area contributed by atoms with Crippen LogP contribution < -0.4 is 0 Å². The number of carbonyl (C=O) groups excluding carboxylic acids is 2. The number of carbonyl (C=O) groups is 3. The zero-order valence-corrected chi connectivity index (χ0v) is 10.5. The van der Waals surface area contributed by atoms with Crippen LogP contribution in [-0.2, 0) is 19.1 Å². The Morgan fingerprint density at radius 1 is 1.47 bits per heavy atom. The monoisotopic (exact) mass is 258 g/mol. The van der Waals surface area contributed by atoms with Gasteiger partial charge in [-0.2, -0.15) is 0 Å². The maximum absolute atomic E-state index is 11.6. The molecular formula is C11H14O5S. The van der Waals surface area contributed by atoms with Crippen molar-refractivity contribution in [3.8, 4) is 0 Å². The van der Waals surface area contributed by atoms with Crippen molar-refractivity contribution in [1.29, 1.82) is 0 Å². The summed E-state index contributed by atoms with van der Waals surface area (Å²) in [4.78, 5) is 33.6. The van der Waals surface area contributed by atoms with Crippen molar-refractivity contribution in [2.24, 2.45) is 0 Å². The van der Waals surface area contributed by atoms with E-state index < -0.39 is 17.2 Å². The fourth-order valence-electron chi connectivity index (χ4n) is 1.50. The molecule has 5 nitrogen and oxygen atoms in total. The van der Waals surface area contributed by atoms with Crippen LogP contribution in [0.3, 0.4) is 0 Å². The molecule has 1 aliphatic carbocycles. The zero-order valence-electron chi connectivity index (χ0n) is 9.69. The van der Waals surface area contributed by atoms with E-state index in [-0.39, 0.29) is 11.5 Å². The Morgan fingerprint density at radius 3 is 2.65 bits per heavy atom. The van der Waals surface area contributed by atoms with E-state index in [1.165, 1.54) is 7.11 Å².